The zero-order valence-electron chi connectivity index (χ0n) is 21.2. The van der Waals surface area contributed by atoms with Gasteiger partial charge in [0.05, 0.1) is 22.4 Å². The first kappa shape index (κ1) is 25.3. The number of carbonyl (C=O) groups is 3. The van der Waals surface area contributed by atoms with Crippen LogP contribution in [0.2, 0.25) is 0 Å². The minimum atomic E-state index is -1.67. The van der Waals surface area contributed by atoms with Crippen molar-refractivity contribution in [1.29, 1.82) is 0 Å². The van der Waals surface area contributed by atoms with E-state index in [2.05, 4.69) is 5.32 Å². The van der Waals surface area contributed by atoms with E-state index in [1.807, 2.05) is 0 Å². The Morgan fingerprint density at radius 2 is 1.79 bits per heavy atom. The van der Waals surface area contributed by atoms with Crippen LogP contribution in [-0.2, 0) is 14.4 Å². The Balaban J connectivity index is 1.45. The normalized spacial score (nSPS) is 28.4. The summed E-state index contributed by atoms with van der Waals surface area (Å²) in [5, 5.41) is 25.4. The molecule has 11 heteroatoms. The standard InChI is InChI=1S/C28H29N3O8/c32-25-22-23(26(33)30(25)18-7-4-8-19(14-18)31(36)37)28(27(34)35,15-16-5-2-1-3-6-16)29-24(22)17-9-10-20-21(13-17)39-12-11-38-20/h4,7-10,13-14,16,22-24,29H,1-3,5-6,11-12,15H2,(H,34,35). The number of carbonyl (C=O) groups excluding carboxylic acids is 2. The summed E-state index contributed by atoms with van der Waals surface area (Å²) in [5.41, 5.74) is -1.26. The molecule has 4 atom stereocenters. The predicted molar refractivity (Wildman–Crippen MR) is 137 cm³/mol. The second kappa shape index (κ2) is 9.64. The van der Waals surface area contributed by atoms with Crippen molar-refractivity contribution in [2.45, 2.75) is 50.1 Å². The van der Waals surface area contributed by atoms with Gasteiger partial charge in [0.2, 0.25) is 11.8 Å². The summed E-state index contributed by atoms with van der Waals surface area (Å²) in [5.74, 6) is -3.47. The molecular weight excluding hydrogens is 506 g/mol. The molecule has 1 saturated carbocycles. The van der Waals surface area contributed by atoms with Crippen LogP contribution in [0.5, 0.6) is 11.5 Å². The van der Waals surface area contributed by atoms with Crippen LogP contribution < -0.4 is 19.7 Å². The van der Waals surface area contributed by atoms with Gasteiger partial charge >= 0.3 is 5.97 Å². The molecule has 4 unspecified atom stereocenters. The van der Waals surface area contributed by atoms with Crippen molar-refractivity contribution >= 4 is 29.2 Å². The smallest absolute Gasteiger partial charge is 0.324 e. The van der Waals surface area contributed by atoms with Gasteiger partial charge in [0.25, 0.3) is 5.69 Å². The fourth-order valence-corrected chi connectivity index (χ4v) is 6.86. The second-order valence-electron chi connectivity index (χ2n) is 10.8. The maximum Gasteiger partial charge on any atom is 0.324 e. The monoisotopic (exact) mass is 535 g/mol. The van der Waals surface area contributed by atoms with E-state index in [0.717, 1.165) is 37.0 Å². The van der Waals surface area contributed by atoms with Crippen molar-refractivity contribution in [1.82, 2.24) is 5.32 Å². The minimum absolute atomic E-state index is 0.0616. The third-order valence-corrected chi connectivity index (χ3v) is 8.60. The van der Waals surface area contributed by atoms with Gasteiger partial charge < -0.3 is 14.6 Å². The fourth-order valence-electron chi connectivity index (χ4n) is 6.86. The lowest BCUT2D eigenvalue weighted by molar-refractivity contribution is -0.384. The van der Waals surface area contributed by atoms with Crippen molar-refractivity contribution in [2.24, 2.45) is 17.8 Å². The van der Waals surface area contributed by atoms with Crippen LogP contribution in [0.4, 0.5) is 11.4 Å². The van der Waals surface area contributed by atoms with Gasteiger partial charge in [0.15, 0.2) is 11.5 Å². The number of ether oxygens (including phenoxy) is 2. The minimum Gasteiger partial charge on any atom is -0.486 e. The molecule has 39 heavy (non-hydrogen) atoms. The molecule has 1 aliphatic carbocycles. The van der Waals surface area contributed by atoms with E-state index in [0.29, 0.717) is 30.3 Å². The fraction of sp³-hybridized carbons (Fsp3) is 0.464. The Bertz CT molecular complexity index is 1360. The van der Waals surface area contributed by atoms with E-state index in [1.165, 1.54) is 24.3 Å². The first-order valence-electron chi connectivity index (χ1n) is 13.3. The number of nitrogens with one attached hydrogen (secondary N) is 1. The Labute approximate surface area is 224 Å². The molecule has 2 aromatic carbocycles. The van der Waals surface area contributed by atoms with E-state index in [4.69, 9.17) is 9.47 Å². The molecule has 0 aromatic heterocycles. The molecule has 0 spiro atoms. The number of amides is 2. The Hall–Kier alpha value is -3.99. The molecule has 0 radical (unpaired) electrons. The SMILES string of the molecule is O=C1C2C(c3ccc4c(c3)OCCO4)NC(CC3CCCCC3)(C(=O)O)C2C(=O)N1c1cccc([N+](=O)[O-])c1. The number of aliphatic carboxylic acids is 1. The van der Waals surface area contributed by atoms with E-state index < -0.39 is 46.1 Å². The Morgan fingerprint density at radius 1 is 1.05 bits per heavy atom. The largest absolute Gasteiger partial charge is 0.486 e. The van der Waals surface area contributed by atoms with E-state index in [9.17, 15) is 29.6 Å². The maximum absolute atomic E-state index is 14.0. The predicted octanol–water partition coefficient (Wildman–Crippen LogP) is 3.61. The van der Waals surface area contributed by atoms with Crippen molar-refractivity contribution < 1.29 is 33.9 Å². The van der Waals surface area contributed by atoms with Crippen LogP contribution in [0, 0.1) is 27.9 Å². The number of hydrogen-bond acceptors (Lipinski definition) is 8. The lowest BCUT2D eigenvalue weighted by atomic mass is 9.72. The number of fused-ring (bicyclic) bond motifs is 2. The van der Waals surface area contributed by atoms with Crippen molar-refractivity contribution in [3.63, 3.8) is 0 Å². The highest BCUT2D eigenvalue weighted by Crippen LogP contribution is 2.53. The van der Waals surface area contributed by atoms with Crippen LogP contribution in [0.15, 0.2) is 42.5 Å². The zero-order valence-corrected chi connectivity index (χ0v) is 21.2. The third kappa shape index (κ3) is 4.12. The van der Waals surface area contributed by atoms with Crippen molar-refractivity contribution in [3.8, 4) is 11.5 Å². The summed E-state index contributed by atoms with van der Waals surface area (Å²) >= 11 is 0. The lowest BCUT2D eigenvalue weighted by Gasteiger charge is -2.35. The second-order valence-corrected chi connectivity index (χ2v) is 10.8. The number of carboxylic acids is 1. The topological polar surface area (TPSA) is 148 Å². The number of benzene rings is 2. The number of nitro groups is 1. The molecule has 2 aromatic rings. The van der Waals surface area contributed by atoms with Gasteiger partial charge in [-0.25, -0.2) is 4.90 Å². The highest BCUT2D eigenvalue weighted by Gasteiger charge is 2.69. The molecular formula is C28H29N3O8. The Kier molecular flexibility index (Phi) is 6.25. The highest BCUT2D eigenvalue weighted by molar-refractivity contribution is 6.24. The van der Waals surface area contributed by atoms with Gasteiger partial charge in [0, 0.05) is 18.2 Å². The first-order valence-corrected chi connectivity index (χ1v) is 13.3. The summed E-state index contributed by atoms with van der Waals surface area (Å²) in [6, 6.07) is 9.74. The van der Waals surface area contributed by atoms with Crippen molar-refractivity contribution in [3.05, 3.63) is 58.1 Å². The van der Waals surface area contributed by atoms with Crippen LogP contribution in [0.3, 0.4) is 0 Å². The van der Waals surface area contributed by atoms with Gasteiger partial charge in [-0.1, -0.05) is 44.2 Å². The molecule has 2 amide bonds. The van der Waals surface area contributed by atoms with Crippen LogP contribution >= 0.6 is 0 Å². The number of nitro benzene ring substituents is 1. The number of imide groups is 1. The number of hydrogen-bond donors (Lipinski definition) is 2. The molecule has 4 aliphatic rings. The summed E-state index contributed by atoms with van der Waals surface area (Å²) in [6.07, 6.45) is 5.01. The number of rotatable bonds is 6. The van der Waals surface area contributed by atoms with Crippen LogP contribution in [0.25, 0.3) is 0 Å². The van der Waals surface area contributed by atoms with Crippen LogP contribution in [0.1, 0.15) is 50.1 Å². The molecule has 3 heterocycles. The van der Waals surface area contributed by atoms with Crippen LogP contribution in [-0.4, -0.2) is 46.6 Å². The van der Waals surface area contributed by atoms with Gasteiger partial charge in [0.1, 0.15) is 18.8 Å². The number of nitrogens with zero attached hydrogens (tertiary/aromatic N) is 2. The summed E-state index contributed by atoms with van der Waals surface area (Å²) in [7, 11) is 0. The van der Waals surface area contributed by atoms with Gasteiger partial charge in [-0.05, 0) is 36.1 Å². The molecule has 6 rings (SSSR count). The molecule has 3 fully saturated rings. The molecule has 2 N–H and O–H groups in total. The van der Waals surface area contributed by atoms with Gasteiger partial charge in [-0.3, -0.25) is 29.8 Å². The average Bonchev–Trinajstić information content (AvgIpc) is 3.42. The van der Waals surface area contributed by atoms with Gasteiger partial charge in [-0.15, -0.1) is 0 Å². The average molecular weight is 536 g/mol. The van der Waals surface area contributed by atoms with E-state index in [-0.39, 0.29) is 23.7 Å². The first-order chi connectivity index (χ1) is 18.8. The molecule has 0 bridgehead atoms. The van der Waals surface area contributed by atoms with E-state index in [1.54, 1.807) is 18.2 Å². The summed E-state index contributed by atoms with van der Waals surface area (Å²) in [4.78, 5) is 52.9. The number of non-ortho nitro benzene ring substituents is 1. The summed E-state index contributed by atoms with van der Waals surface area (Å²) < 4.78 is 11.4. The third-order valence-electron chi connectivity index (χ3n) is 8.60. The molecule has 11 nitrogen and oxygen atoms in total. The number of carboxylic acid groups (broad SMARTS) is 1. The van der Waals surface area contributed by atoms with Gasteiger partial charge in [-0.2, -0.15) is 0 Å². The lowest BCUT2D eigenvalue weighted by Crippen LogP contribution is -2.57. The quantitative estimate of drug-likeness (QED) is 0.321. The highest BCUT2D eigenvalue weighted by atomic mass is 16.6. The van der Waals surface area contributed by atoms with Crippen molar-refractivity contribution in [2.75, 3.05) is 18.1 Å². The Morgan fingerprint density at radius 3 is 2.51 bits per heavy atom. The molecule has 3 aliphatic heterocycles. The zero-order chi connectivity index (χ0) is 27.3. The number of anilines is 1. The molecule has 2 saturated heterocycles. The van der Waals surface area contributed by atoms with E-state index >= 15 is 0 Å². The summed E-state index contributed by atoms with van der Waals surface area (Å²) in [6.45, 7) is 0.771. The molecule has 204 valence electrons. The maximum atomic E-state index is 14.0.